The van der Waals surface area contributed by atoms with Gasteiger partial charge in [0.1, 0.15) is 0 Å². The summed E-state index contributed by atoms with van der Waals surface area (Å²) < 4.78 is 4.64. The van der Waals surface area contributed by atoms with Gasteiger partial charge in [-0.1, -0.05) is 23.2 Å². The summed E-state index contributed by atoms with van der Waals surface area (Å²) in [5.41, 5.74) is 0.608. The molecule has 0 aliphatic carbocycles. The second-order valence-corrected chi connectivity index (χ2v) is 5.63. The molecule has 0 atom stereocenters. The fourth-order valence-corrected chi connectivity index (χ4v) is 2.49. The van der Waals surface area contributed by atoms with Crippen molar-refractivity contribution in [2.45, 2.75) is 13.8 Å². The average Bonchev–Trinajstić information content (AvgIpc) is 2.43. The number of benzene rings is 1. The number of imide groups is 1. The zero-order valence-corrected chi connectivity index (χ0v) is 15.0. The predicted molar refractivity (Wildman–Crippen MR) is 95.1 cm³/mol. The second kappa shape index (κ2) is 9.54. The Morgan fingerprint density at radius 3 is 2.35 bits per heavy atom. The van der Waals surface area contributed by atoms with E-state index in [0.717, 1.165) is 0 Å². The quantitative estimate of drug-likeness (QED) is 0.767. The first kappa shape index (κ1) is 19.5. The first-order chi connectivity index (χ1) is 10.8. The number of rotatable bonds is 5. The van der Waals surface area contributed by atoms with E-state index >= 15 is 0 Å². The summed E-state index contributed by atoms with van der Waals surface area (Å²) in [7, 11) is 0. The number of nitrogens with one attached hydrogen (secondary N) is 2. The summed E-state index contributed by atoms with van der Waals surface area (Å²) in [6.45, 7) is 4.05. The molecule has 2 amide bonds. The number of carbonyl (C=O) groups is 2. The minimum Gasteiger partial charge on any atom is -0.450 e. The van der Waals surface area contributed by atoms with E-state index in [1.165, 1.54) is 0 Å². The molecule has 0 bridgehead atoms. The lowest BCUT2D eigenvalue weighted by atomic mass is 10.3. The highest BCUT2D eigenvalue weighted by Crippen LogP contribution is 2.22. The van der Waals surface area contributed by atoms with Gasteiger partial charge >= 0.3 is 6.09 Å². The smallest absolute Gasteiger partial charge is 0.413 e. The number of carbonyl (C=O) groups excluding carboxylic acids is 2. The van der Waals surface area contributed by atoms with Crippen LogP contribution in [0, 0.1) is 0 Å². The number of ether oxygens (including phenoxy) is 1. The molecule has 23 heavy (non-hydrogen) atoms. The summed E-state index contributed by atoms with van der Waals surface area (Å²) in [5, 5.41) is 6.30. The van der Waals surface area contributed by atoms with E-state index in [1.807, 2.05) is 6.92 Å². The summed E-state index contributed by atoms with van der Waals surface area (Å²) in [4.78, 5) is 24.6. The van der Waals surface area contributed by atoms with Gasteiger partial charge in [0.2, 0.25) is 5.91 Å². The molecule has 0 unspecified atom stereocenters. The highest BCUT2D eigenvalue weighted by molar-refractivity contribution is 7.80. The van der Waals surface area contributed by atoms with Gasteiger partial charge in [-0.2, -0.15) is 0 Å². The van der Waals surface area contributed by atoms with Crippen molar-refractivity contribution in [3.63, 3.8) is 0 Å². The number of alkyl carbamates (subject to hydrolysis) is 1. The Balaban J connectivity index is 2.64. The zero-order valence-electron chi connectivity index (χ0n) is 12.7. The van der Waals surface area contributed by atoms with E-state index < -0.39 is 12.0 Å². The fraction of sp³-hybridized carbons (Fsp3) is 0.357. The molecule has 0 heterocycles. The number of anilines is 1. The van der Waals surface area contributed by atoms with Crippen molar-refractivity contribution in [1.29, 1.82) is 0 Å². The summed E-state index contributed by atoms with van der Waals surface area (Å²) in [6.07, 6.45) is -0.783. The van der Waals surface area contributed by atoms with Crippen LogP contribution in [0.25, 0.3) is 0 Å². The molecule has 126 valence electrons. The van der Waals surface area contributed by atoms with Gasteiger partial charge in [-0.25, -0.2) is 4.79 Å². The number of halogens is 2. The molecule has 0 aliphatic rings. The molecule has 0 spiro atoms. The lowest BCUT2D eigenvalue weighted by Gasteiger charge is -2.23. The van der Waals surface area contributed by atoms with Crippen LogP contribution in [0.3, 0.4) is 0 Å². The van der Waals surface area contributed by atoms with E-state index in [2.05, 4.69) is 15.4 Å². The maximum Gasteiger partial charge on any atom is 0.413 e. The van der Waals surface area contributed by atoms with Crippen LogP contribution in [0.15, 0.2) is 18.2 Å². The highest BCUT2D eigenvalue weighted by Gasteiger charge is 2.15. The summed E-state index contributed by atoms with van der Waals surface area (Å²) in [5.74, 6) is -0.515. The van der Waals surface area contributed by atoms with E-state index in [-0.39, 0.29) is 13.2 Å². The lowest BCUT2D eigenvalue weighted by molar-refractivity contribution is -0.120. The van der Waals surface area contributed by atoms with Gasteiger partial charge in [0.05, 0.1) is 13.2 Å². The largest absolute Gasteiger partial charge is 0.450 e. The normalized spacial score (nSPS) is 9.91. The molecule has 0 aliphatic heterocycles. The molecule has 0 radical (unpaired) electrons. The molecule has 2 N–H and O–H groups in total. The highest BCUT2D eigenvalue weighted by atomic mass is 35.5. The van der Waals surface area contributed by atoms with Crippen LogP contribution >= 0.6 is 35.4 Å². The third-order valence-electron chi connectivity index (χ3n) is 2.63. The van der Waals surface area contributed by atoms with Crippen LogP contribution in [0.1, 0.15) is 13.8 Å². The molecule has 1 rings (SSSR count). The van der Waals surface area contributed by atoms with Gasteiger partial charge in [-0.3, -0.25) is 10.1 Å². The van der Waals surface area contributed by atoms with Gasteiger partial charge in [0.25, 0.3) is 0 Å². The van der Waals surface area contributed by atoms with Crippen molar-refractivity contribution < 1.29 is 14.3 Å². The van der Waals surface area contributed by atoms with Gasteiger partial charge in [-0.15, -0.1) is 0 Å². The number of amides is 2. The Bertz CT molecular complexity index is 578. The summed E-state index contributed by atoms with van der Waals surface area (Å²) >= 11 is 17.1. The van der Waals surface area contributed by atoms with E-state index in [9.17, 15) is 9.59 Å². The SMILES string of the molecule is CCOC(=O)NC(=O)CN(CC)C(=S)Nc1cc(Cl)cc(Cl)c1. The van der Waals surface area contributed by atoms with Crippen LogP contribution in [0.4, 0.5) is 10.5 Å². The minimum absolute atomic E-state index is 0.0879. The van der Waals surface area contributed by atoms with Gasteiger partial charge in [-0.05, 0) is 44.3 Å². The molecular formula is C14H17Cl2N3O3S. The molecule has 0 fully saturated rings. The Kier molecular flexibility index (Phi) is 8.08. The molecular weight excluding hydrogens is 361 g/mol. The molecule has 6 nitrogen and oxygen atoms in total. The third-order valence-corrected chi connectivity index (χ3v) is 3.43. The van der Waals surface area contributed by atoms with Crippen molar-refractivity contribution in [3.05, 3.63) is 28.2 Å². The van der Waals surface area contributed by atoms with Crippen LogP contribution in [0.5, 0.6) is 0 Å². The topological polar surface area (TPSA) is 70.7 Å². The Morgan fingerprint density at radius 1 is 1.22 bits per heavy atom. The van der Waals surface area contributed by atoms with Crippen molar-refractivity contribution in [3.8, 4) is 0 Å². The number of likely N-dealkylation sites (N-methyl/N-ethyl adjacent to an activating group) is 1. The van der Waals surface area contributed by atoms with Crippen molar-refractivity contribution in [2.75, 3.05) is 25.0 Å². The number of hydrogen-bond donors (Lipinski definition) is 2. The van der Waals surface area contributed by atoms with E-state index in [0.29, 0.717) is 27.4 Å². The molecule has 1 aromatic rings. The van der Waals surface area contributed by atoms with E-state index in [4.69, 9.17) is 35.4 Å². The maximum atomic E-state index is 11.8. The molecule has 1 aromatic carbocycles. The first-order valence-electron chi connectivity index (χ1n) is 6.84. The van der Waals surface area contributed by atoms with Gasteiger partial charge < -0.3 is 15.0 Å². The van der Waals surface area contributed by atoms with Gasteiger partial charge in [0, 0.05) is 22.3 Å². The van der Waals surface area contributed by atoms with Crippen molar-refractivity contribution in [1.82, 2.24) is 10.2 Å². The number of hydrogen-bond acceptors (Lipinski definition) is 4. The monoisotopic (exact) mass is 377 g/mol. The molecule has 0 aromatic heterocycles. The standard InChI is InChI=1S/C14H17Cl2N3O3S/c1-3-19(8-12(20)18-14(21)22-4-2)13(23)17-11-6-9(15)5-10(16)7-11/h5-7H,3-4,8H2,1-2H3,(H,17,23)(H,18,20,21). The van der Waals surface area contributed by atoms with Crippen molar-refractivity contribution >= 4 is 58.2 Å². The Labute approximate surface area is 150 Å². The third kappa shape index (κ3) is 7.02. The second-order valence-electron chi connectivity index (χ2n) is 4.37. The maximum absolute atomic E-state index is 11.8. The van der Waals surface area contributed by atoms with Crippen LogP contribution in [0.2, 0.25) is 10.0 Å². The number of nitrogens with zero attached hydrogens (tertiary/aromatic N) is 1. The van der Waals surface area contributed by atoms with Crippen LogP contribution in [-0.2, 0) is 9.53 Å². The van der Waals surface area contributed by atoms with Crippen LogP contribution < -0.4 is 10.6 Å². The summed E-state index contributed by atoms with van der Waals surface area (Å²) in [6, 6.07) is 4.92. The van der Waals surface area contributed by atoms with Crippen LogP contribution in [-0.4, -0.2) is 41.7 Å². The predicted octanol–water partition coefficient (Wildman–Crippen LogP) is 3.28. The minimum atomic E-state index is -0.783. The Hall–Kier alpha value is -1.57. The first-order valence-corrected chi connectivity index (χ1v) is 8.00. The van der Waals surface area contributed by atoms with Gasteiger partial charge in [0.15, 0.2) is 5.11 Å². The zero-order chi connectivity index (χ0) is 17.4. The van der Waals surface area contributed by atoms with E-state index in [1.54, 1.807) is 30.0 Å². The molecule has 9 heteroatoms. The average molecular weight is 378 g/mol. The Morgan fingerprint density at radius 2 is 1.83 bits per heavy atom. The van der Waals surface area contributed by atoms with Crippen molar-refractivity contribution in [2.24, 2.45) is 0 Å². The number of thiocarbonyl (C=S) groups is 1. The fourth-order valence-electron chi connectivity index (χ4n) is 1.65. The molecule has 0 saturated heterocycles. The molecule has 0 saturated carbocycles. The lowest BCUT2D eigenvalue weighted by Crippen LogP contribution is -2.44.